The molecule has 1 fully saturated rings. The maximum Gasteiger partial charge on any atom is 0.0695 e. The van der Waals surface area contributed by atoms with Gasteiger partial charge in [0.05, 0.1) is 20.1 Å². The van der Waals surface area contributed by atoms with Gasteiger partial charge >= 0.3 is 0 Å². The molecule has 16 heavy (non-hydrogen) atoms. The lowest BCUT2D eigenvalue weighted by Crippen LogP contribution is -2.47. The van der Waals surface area contributed by atoms with Crippen LogP contribution < -0.4 is 0 Å². The summed E-state index contributed by atoms with van der Waals surface area (Å²) in [6, 6.07) is 0. The van der Waals surface area contributed by atoms with E-state index < -0.39 is 8.80 Å². The third-order valence-electron chi connectivity index (χ3n) is 3.80. The molecule has 0 radical (unpaired) electrons. The number of aliphatic hydroxyl groups excluding tert-OH is 2. The zero-order chi connectivity index (χ0) is 12.0. The molecule has 0 aliphatic carbocycles. The maximum absolute atomic E-state index is 9.68. The summed E-state index contributed by atoms with van der Waals surface area (Å²) in [5.74, 6) is 0. The zero-order valence-electron chi connectivity index (χ0n) is 10.6. The Hall–Kier alpha value is 0.0969. The monoisotopic (exact) mass is 246 g/mol. The second-order valence-corrected chi connectivity index (χ2v) is 8.59. The van der Waals surface area contributed by atoms with E-state index in [0.29, 0.717) is 6.42 Å². The van der Waals surface area contributed by atoms with Crippen molar-refractivity contribution >= 4 is 8.80 Å². The SMILES string of the molecule is C[SiH](C)C1(CCC(O)CCO)CCCCO1. The van der Waals surface area contributed by atoms with Crippen molar-refractivity contribution in [2.75, 3.05) is 13.2 Å². The summed E-state index contributed by atoms with van der Waals surface area (Å²) in [5, 5.41) is 18.5. The van der Waals surface area contributed by atoms with Crippen LogP contribution in [-0.4, -0.2) is 43.6 Å². The number of hydrogen-bond acceptors (Lipinski definition) is 3. The molecule has 1 aliphatic heterocycles. The normalized spacial score (nSPS) is 28.3. The van der Waals surface area contributed by atoms with Crippen molar-refractivity contribution in [2.24, 2.45) is 0 Å². The summed E-state index contributed by atoms with van der Waals surface area (Å²) in [6.45, 7) is 5.64. The molecule has 0 amide bonds. The Morgan fingerprint density at radius 2 is 2.06 bits per heavy atom. The van der Waals surface area contributed by atoms with E-state index in [4.69, 9.17) is 9.84 Å². The molecule has 0 spiro atoms. The molecule has 0 aromatic heterocycles. The van der Waals surface area contributed by atoms with Crippen molar-refractivity contribution in [3.8, 4) is 0 Å². The Bertz CT molecular complexity index is 191. The highest BCUT2D eigenvalue weighted by molar-refractivity contribution is 6.59. The highest BCUT2D eigenvalue weighted by Crippen LogP contribution is 2.32. The minimum atomic E-state index is -0.862. The highest BCUT2D eigenvalue weighted by atomic mass is 28.3. The summed E-state index contributed by atoms with van der Waals surface area (Å²) < 4.78 is 6.04. The van der Waals surface area contributed by atoms with E-state index in [2.05, 4.69) is 13.1 Å². The minimum absolute atomic E-state index is 0.0775. The standard InChI is InChI=1S/C12H26O3Si/c1-16(2)12(7-3-4-10-15-12)8-5-11(14)6-9-13/h11,13-14,16H,3-10H2,1-2H3. The van der Waals surface area contributed by atoms with E-state index >= 15 is 0 Å². The topological polar surface area (TPSA) is 49.7 Å². The fraction of sp³-hybridized carbons (Fsp3) is 1.00. The molecule has 0 aromatic rings. The van der Waals surface area contributed by atoms with Crippen LogP contribution >= 0.6 is 0 Å². The van der Waals surface area contributed by atoms with Crippen LogP contribution in [0.2, 0.25) is 13.1 Å². The minimum Gasteiger partial charge on any atom is -0.396 e. The second-order valence-electron chi connectivity index (χ2n) is 5.23. The highest BCUT2D eigenvalue weighted by Gasteiger charge is 2.37. The molecule has 4 heteroatoms. The molecule has 96 valence electrons. The number of hydrogen-bond donors (Lipinski definition) is 2. The van der Waals surface area contributed by atoms with Crippen molar-refractivity contribution in [1.82, 2.24) is 0 Å². The van der Waals surface area contributed by atoms with Gasteiger partial charge in [0.1, 0.15) is 0 Å². The Kier molecular flexibility index (Phi) is 5.96. The third kappa shape index (κ3) is 3.84. The molecule has 3 nitrogen and oxygen atoms in total. The van der Waals surface area contributed by atoms with Crippen LogP contribution in [0.5, 0.6) is 0 Å². The largest absolute Gasteiger partial charge is 0.396 e. The van der Waals surface area contributed by atoms with Gasteiger partial charge in [0.2, 0.25) is 0 Å². The van der Waals surface area contributed by atoms with Crippen LogP contribution in [0.25, 0.3) is 0 Å². The molecule has 2 atom stereocenters. The second kappa shape index (κ2) is 6.74. The average molecular weight is 246 g/mol. The van der Waals surface area contributed by atoms with Crippen LogP contribution in [0.15, 0.2) is 0 Å². The lowest BCUT2D eigenvalue weighted by atomic mass is 10.0. The van der Waals surface area contributed by atoms with E-state index in [1.165, 1.54) is 19.3 Å². The van der Waals surface area contributed by atoms with E-state index in [-0.39, 0.29) is 17.9 Å². The smallest absolute Gasteiger partial charge is 0.0695 e. The molecule has 1 saturated heterocycles. The summed E-state index contributed by atoms with van der Waals surface area (Å²) in [6.07, 6.45) is 5.49. The van der Waals surface area contributed by atoms with E-state index in [1.54, 1.807) is 0 Å². The Balaban J connectivity index is 2.44. The van der Waals surface area contributed by atoms with Gasteiger partial charge in [-0.1, -0.05) is 13.1 Å². The van der Waals surface area contributed by atoms with E-state index in [0.717, 1.165) is 19.4 Å². The first kappa shape index (κ1) is 14.2. The molecular formula is C12H26O3Si. The number of aliphatic hydroxyl groups is 2. The van der Waals surface area contributed by atoms with Crippen LogP contribution in [-0.2, 0) is 4.74 Å². The lowest BCUT2D eigenvalue weighted by Gasteiger charge is -2.41. The van der Waals surface area contributed by atoms with Crippen LogP contribution in [0.4, 0.5) is 0 Å². The average Bonchev–Trinajstić information content (AvgIpc) is 2.28. The van der Waals surface area contributed by atoms with Crippen molar-refractivity contribution in [2.45, 2.75) is 62.9 Å². The molecule has 1 aliphatic rings. The first-order valence-electron chi connectivity index (χ1n) is 6.53. The van der Waals surface area contributed by atoms with Crippen LogP contribution in [0, 0.1) is 0 Å². The van der Waals surface area contributed by atoms with Crippen LogP contribution in [0.1, 0.15) is 38.5 Å². The van der Waals surface area contributed by atoms with Gasteiger partial charge in [-0.15, -0.1) is 0 Å². The van der Waals surface area contributed by atoms with Gasteiger partial charge in [-0.25, -0.2) is 0 Å². The van der Waals surface area contributed by atoms with E-state index in [1.807, 2.05) is 0 Å². The van der Waals surface area contributed by atoms with Gasteiger partial charge < -0.3 is 14.9 Å². The van der Waals surface area contributed by atoms with Gasteiger partial charge in [0, 0.05) is 13.2 Å². The first-order valence-corrected chi connectivity index (χ1v) is 9.42. The summed E-state index contributed by atoms with van der Waals surface area (Å²) in [5.41, 5.74) is 0. The van der Waals surface area contributed by atoms with E-state index in [9.17, 15) is 5.11 Å². The molecule has 0 saturated carbocycles. The quantitative estimate of drug-likeness (QED) is 0.698. The first-order chi connectivity index (χ1) is 7.60. The van der Waals surface area contributed by atoms with Crippen LogP contribution in [0.3, 0.4) is 0 Å². The van der Waals surface area contributed by atoms with Gasteiger partial charge in [-0.3, -0.25) is 0 Å². The molecule has 1 heterocycles. The molecule has 0 bridgehead atoms. The molecule has 1 rings (SSSR count). The maximum atomic E-state index is 9.68. The lowest BCUT2D eigenvalue weighted by molar-refractivity contribution is -0.0362. The molecule has 2 unspecified atom stereocenters. The Morgan fingerprint density at radius 1 is 1.31 bits per heavy atom. The fourth-order valence-corrected chi connectivity index (χ4v) is 4.50. The van der Waals surface area contributed by atoms with Gasteiger partial charge in [-0.2, -0.15) is 0 Å². The Morgan fingerprint density at radius 3 is 2.56 bits per heavy atom. The Labute approximate surface area is 100 Å². The van der Waals surface area contributed by atoms with Crippen molar-refractivity contribution in [1.29, 1.82) is 0 Å². The zero-order valence-corrected chi connectivity index (χ0v) is 11.8. The third-order valence-corrected chi connectivity index (χ3v) is 6.65. The van der Waals surface area contributed by atoms with Crippen molar-refractivity contribution < 1.29 is 14.9 Å². The summed E-state index contributed by atoms with van der Waals surface area (Å²) >= 11 is 0. The van der Waals surface area contributed by atoms with Gasteiger partial charge in [0.15, 0.2) is 0 Å². The van der Waals surface area contributed by atoms with Gasteiger partial charge in [-0.05, 0) is 38.5 Å². The summed E-state index contributed by atoms with van der Waals surface area (Å²) in [7, 11) is -0.862. The van der Waals surface area contributed by atoms with Crippen molar-refractivity contribution in [3.63, 3.8) is 0 Å². The summed E-state index contributed by atoms with van der Waals surface area (Å²) in [4.78, 5) is 0. The molecule has 0 aromatic carbocycles. The molecule has 2 N–H and O–H groups in total. The number of ether oxygens (including phenoxy) is 1. The predicted molar refractivity (Wildman–Crippen MR) is 68.4 cm³/mol. The van der Waals surface area contributed by atoms with Crippen molar-refractivity contribution in [3.05, 3.63) is 0 Å². The van der Waals surface area contributed by atoms with Gasteiger partial charge in [0.25, 0.3) is 0 Å². The number of rotatable bonds is 6. The fourth-order valence-electron chi connectivity index (χ4n) is 2.52. The predicted octanol–water partition coefficient (Wildman–Crippen LogP) is 1.48. The molecular weight excluding hydrogens is 220 g/mol.